The third kappa shape index (κ3) is 3.36. The van der Waals surface area contributed by atoms with Gasteiger partial charge in [-0.15, -0.1) is 0 Å². The van der Waals surface area contributed by atoms with Crippen LogP contribution in [0.15, 0.2) is 51.8 Å². The molecule has 1 aromatic carbocycles. The lowest BCUT2D eigenvalue weighted by Crippen LogP contribution is -2.42. The summed E-state index contributed by atoms with van der Waals surface area (Å²) < 4.78 is 10.3. The van der Waals surface area contributed by atoms with Gasteiger partial charge in [0.05, 0.1) is 12.0 Å². The van der Waals surface area contributed by atoms with Crippen molar-refractivity contribution in [3.63, 3.8) is 0 Å². The molecular formula is C18H15NO5S. The van der Waals surface area contributed by atoms with Gasteiger partial charge in [-0.05, 0) is 30.8 Å². The summed E-state index contributed by atoms with van der Waals surface area (Å²) in [6.07, 6.45) is 1.50. The minimum Gasteiger partial charge on any atom is -0.467 e. The van der Waals surface area contributed by atoms with Crippen molar-refractivity contribution < 1.29 is 23.5 Å². The zero-order chi connectivity index (χ0) is 18.0. The summed E-state index contributed by atoms with van der Waals surface area (Å²) in [6.45, 7) is 1.45. The lowest BCUT2D eigenvalue weighted by Gasteiger charge is -2.18. The normalized spacial score (nSPS) is 17.2. The summed E-state index contributed by atoms with van der Waals surface area (Å²) in [5.41, 5.74) is 0.912. The summed E-state index contributed by atoms with van der Waals surface area (Å²) in [4.78, 5) is 37.2. The predicted molar refractivity (Wildman–Crippen MR) is 93.4 cm³/mol. The molecule has 1 aromatic heterocycles. The fourth-order valence-electron chi connectivity index (χ4n) is 2.41. The van der Waals surface area contributed by atoms with Crippen molar-refractivity contribution in [1.29, 1.82) is 0 Å². The Labute approximate surface area is 148 Å². The first-order valence-electron chi connectivity index (χ1n) is 7.51. The van der Waals surface area contributed by atoms with E-state index in [9.17, 15) is 14.4 Å². The van der Waals surface area contributed by atoms with Crippen molar-refractivity contribution in [2.45, 2.75) is 13.0 Å². The zero-order valence-electron chi connectivity index (χ0n) is 13.6. The zero-order valence-corrected chi connectivity index (χ0v) is 14.4. The SMILES string of the molecule is COC(=O)C(C)N1C(=O)SC(=Cc2ccc(-c3ccccc3)o2)C1=O. The summed E-state index contributed by atoms with van der Waals surface area (Å²) in [5, 5.41) is -0.510. The lowest BCUT2D eigenvalue weighted by molar-refractivity contribution is -0.148. The van der Waals surface area contributed by atoms with Crippen molar-refractivity contribution >= 4 is 35.0 Å². The van der Waals surface area contributed by atoms with E-state index in [2.05, 4.69) is 4.74 Å². The van der Waals surface area contributed by atoms with E-state index >= 15 is 0 Å². The predicted octanol–water partition coefficient (Wildman–Crippen LogP) is 3.54. The molecule has 128 valence electrons. The number of furan rings is 1. The highest BCUT2D eigenvalue weighted by Gasteiger charge is 2.41. The van der Waals surface area contributed by atoms with Gasteiger partial charge in [0.15, 0.2) is 0 Å². The number of amides is 2. The third-order valence-electron chi connectivity index (χ3n) is 3.71. The van der Waals surface area contributed by atoms with Gasteiger partial charge < -0.3 is 9.15 Å². The summed E-state index contributed by atoms with van der Waals surface area (Å²) in [7, 11) is 1.21. The molecule has 0 spiro atoms. The largest absolute Gasteiger partial charge is 0.467 e. The maximum absolute atomic E-state index is 12.4. The fraction of sp³-hybridized carbons (Fsp3) is 0.167. The first-order valence-corrected chi connectivity index (χ1v) is 8.33. The highest BCUT2D eigenvalue weighted by molar-refractivity contribution is 8.18. The molecule has 1 saturated heterocycles. The highest BCUT2D eigenvalue weighted by atomic mass is 32.2. The van der Waals surface area contributed by atoms with Crippen LogP contribution >= 0.6 is 11.8 Å². The molecular weight excluding hydrogens is 342 g/mol. The number of rotatable bonds is 4. The van der Waals surface area contributed by atoms with Gasteiger partial charge in [-0.25, -0.2) is 4.79 Å². The Hall–Kier alpha value is -2.80. The topological polar surface area (TPSA) is 76.8 Å². The van der Waals surface area contributed by atoms with Crippen LogP contribution in [0.5, 0.6) is 0 Å². The standard InChI is InChI=1S/C18H15NO5S/c1-11(17(21)23-2)19-16(20)15(25-18(19)22)10-13-8-9-14(24-13)12-6-4-3-5-7-12/h3-11H,1-2H3. The van der Waals surface area contributed by atoms with Crippen molar-refractivity contribution in [1.82, 2.24) is 4.90 Å². The number of esters is 1. The van der Waals surface area contributed by atoms with E-state index in [0.717, 1.165) is 22.2 Å². The quantitative estimate of drug-likeness (QED) is 0.615. The summed E-state index contributed by atoms with van der Waals surface area (Å²) in [5.74, 6) is -0.0671. The van der Waals surface area contributed by atoms with Crippen LogP contribution in [0, 0.1) is 0 Å². The number of ether oxygens (including phenoxy) is 1. The number of carbonyl (C=O) groups excluding carboxylic acids is 3. The molecule has 1 unspecified atom stereocenters. The van der Waals surface area contributed by atoms with Crippen LogP contribution < -0.4 is 0 Å². The van der Waals surface area contributed by atoms with Crippen LogP contribution in [-0.2, 0) is 14.3 Å². The molecule has 1 atom stereocenters. The Kier molecular flexibility index (Phi) is 4.76. The van der Waals surface area contributed by atoms with Crippen LogP contribution in [0.2, 0.25) is 0 Å². The Balaban J connectivity index is 1.83. The Morgan fingerprint density at radius 3 is 2.60 bits per heavy atom. The number of methoxy groups -OCH3 is 1. The molecule has 2 heterocycles. The van der Waals surface area contributed by atoms with Gasteiger partial charge in [-0.3, -0.25) is 14.5 Å². The first-order chi connectivity index (χ1) is 12.0. The molecule has 3 rings (SSSR count). The van der Waals surface area contributed by atoms with E-state index in [1.807, 2.05) is 30.3 Å². The van der Waals surface area contributed by atoms with E-state index in [1.54, 1.807) is 12.1 Å². The van der Waals surface area contributed by atoms with Crippen LogP contribution in [0.3, 0.4) is 0 Å². The molecule has 1 aliphatic rings. The first kappa shape index (κ1) is 17.0. The number of hydrogen-bond donors (Lipinski definition) is 0. The summed E-state index contributed by atoms with van der Waals surface area (Å²) in [6, 6.07) is 12.1. The number of nitrogens with zero attached hydrogens (tertiary/aromatic N) is 1. The van der Waals surface area contributed by atoms with Gasteiger partial charge in [-0.1, -0.05) is 30.3 Å². The fourth-order valence-corrected chi connectivity index (χ4v) is 3.30. The highest BCUT2D eigenvalue weighted by Crippen LogP contribution is 2.34. The van der Waals surface area contributed by atoms with Gasteiger partial charge in [0.25, 0.3) is 11.1 Å². The second-order valence-electron chi connectivity index (χ2n) is 5.32. The summed E-state index contributed by atoms with van der Waals surface area (Å²) >= 11 is 0.769. The second kappa shape index (κ2) is 6.98. The Bertz CT molecular complexity index is 855. The Morgan fingerprint density at radius 2 is 1.92 bits per heavy atom. The number of hydrogen-bond acceptors (Lipinski definition) is 6. The van der Waals surface area contributed by atoms with Crippen molar-refractivity contribution in [2.24, 2.45) is 0 Å². The molecule has 25 heavy (non-hydrogen) atoms. The molecule has 1 aliphatic heterocycles. The molecule has 0 N–H and O–H groups in total. The molecule has 1 fully saturated rings. The molecule has 0 aliphatic carbocycles. The van der Waals surface area contributed by atoms with Crippen LogP contribution in [0.25, 0.3) is 17.4 Å². The van der Waals surface area contributed by atoms with E-state index in [-0.39, 0.29) is 4.91 Å². The molecule has 6 nitrogen and oxygen atoms in total. The molecule has 2 aromatic rings. The van der Waals surface area contributed by atoms with Crippen molar-refractivity contribution in [2.75, 3.05) is 7.11 Å². The van der Waals surface area contributed by atoms with Crippen molar-refractivity contribution in [3.05, 3.63) is 53.1 Å². The molecule has 0 bridgehead atoms. The van der Waals surface area contributed by atoms with Gasteiger partial charge in [0.2, 0.25) is 0 Å². The second-order valence-corrected chi connectivity index (χ2v) is 6.31. The minimum absolute atomic E-state index is 0.203. The number of imide groups is 1. The molecule has 7 heteroatoms. The average Bonchev–Trinajstić information content (AvgIpc) is 3.19. The number of benzene rings is 1. The minimum atomic E-state index is -0.972. The maximum Gasteiger partial charge on any atom is 0.328 e. The van der Waals surface area contributed by atoms with Crippen LogP contribution in [-0.4, -0.2) is 35.2 Å². The van der Waals surface area contributed by atoms with E-state index in [0.29, 0.717) is 11.5 Å². The number of thioether (sulfide) groups is 1. The lowest BCUT2D eigenvalue weighted by atomic mass is 10.2. The van der Waals surface area contributed by atoms with Crippen LogP contribution in [0.4, 0.5) is 4.79 Å². The smallest absolute Gasteiger partial charge is 0.328 e. The molecule has 2 amide bonds. The average molecular weight is 357 g/mol. The van der Waals surface area contributed by atoms with E-state index in [4.69, 9.17) is 4.42 Å². The third-order valence-corrected chi connectivity index (χ3v) is 4.60. The Morgan fingerprint density at radius 1 is 1.20 bits per heavy atom. The van der Waals surface area contributed by atoms with Crippen LogP contribution in [0.1, 0.15) is 12.7 Å². The number of carbonyl (C=O) groups is 3. The maximum atomic E-state index is 12.4. The van der Waals surface area contributed by atoms with E-state index in [1.165, 1.54) is 20.1 Å². The van der Waals surface area contributed by atoms with Gasteiger partial charge in [0.1, 0.15) is 17.6 Å². The van der Waals surface area contributed by atoms with Crippen molar-refractivity contribution in [3.8, 4) is 11.3 Å². The van der Waals surface area contributed by atoms with E-state index < -0.39 is 23.2 Å². The monoisotopic (exact) mass is 357 g/mol. The van der Waals surface area contributed by atoms with Gasteiger partial charge in [0, 0.05) is 11.6 Å². The molecule has 0 saturated carbocycles. The van der Waals surface area contributed by atoms with Gasteiger partial charge >= 0.3 is 5.97 Å². The molecule has 0 radical (unpaired) electrons. The van der Waals surface area contributed by atoms with Gasteiger partial charge in [-0.2, -0.15) is 0 Å².